The predicted molar refractivity (Wildman–Crippen MR) is 96.8 cm³/mol. The molecule has 1 aromatic rings. The molecule has 1 heterocycles. The lowest BCUT2D eigenvalue weighted by Crippen LogP contribution is -2.53. The quantitative estimate of drug-likeness (QED) is 0.848. The Labute approximate surface area is 149 Å². The number of carbonyl (C=O) groups is 2. The van der Waals surface area contributed by atoms with E-state index in [2.05, 4.69) is 36.1 Å². The average molecular weight is 345 g/mol. The van der Waals surface area contributed by atoms with Gasteiger partial charge in [-0.25, -0.2) is 0 Å². The number of anilines is 1. The Morgan fingerprint density at radius 1 is 1.24 bits per heavy atom. The standard InChI is InChI=1S/C19H27N3O3/c1-14-4-3-5-17(12-14)20-8-10-21(11-9-20)18(23)13-22(16-6-7-16)15(2)19(24)25/h3-5,12,15-16H,6-11,13H2,1-2H3,(H,24,25). The van der Waals surface area contributed by atoms with Gasteiger partial charge in [0, 0.05) is 37.9 Å². The normalized spacial score (nSPS) is 19.2. The van der Waals surface area contributed by atoms with Gasteiger partial charge in [0.1, 0.15) is 6.04 Å². The summed E-state index contributed by atoms with van der Waals surface area (Å²) >= 11 is 0. The Morgan fingerprint density at radius 2 is 1.92 bits per heavy atom. The van der Waals surface area contributed by atoms with E-state index in [-0.39, 0.29) is 18.5 Å². The fraction of sp³-hybridized carbons (Fsp3) is 0.579. The Hall–Kier alpha value is -2.08. The van der Waals surface area contributed by atoms with Crippen LogP contribution in [0.1, 0.15) is 25.3 Å². The van der Waals surface area contributed by atoms with Crippen molar-refractivity contribution in [1.82, 2.24) is 9.80 Å². The predicted octanol–water partition coefficient (Wildman–Crippen LogP) is 1.58. The molecule has 2 aliphatic rings. The molecule has 1 N–H and O–H groups in total. The molecule has 1 atom stereocenters. The molecule has 1 aliphatic heterocycles. The van der Waals surface area contributed by atoms with Crippen molar-refractivity contribution in [1.29, 1.82) is 0 Å². The minimum atomic E-state index is -0.857. The van der Waals surface area contributed by atoms with E-state index >= 15 is 0 Å². The first-order valence-corrected chi connectivity index (χ1v) is 9.03. The van der Waals surface area contributed by atoms with Crippen LogP contribution < -0.4 is 4.90 Å². The third kappa shape index (κ3) is 4.31. The lowest BCUT2D eigenvalue weighted by molar-refractivity contribution is -0.144. The van der Waals surface area contributed by atoms with Crippen molar-refractivity contribution in [2.75, 3.05) is 37.6 Å². The van der Waals surface area contributed by atoms with Gasteiger partial charge in [0.15, 0.2) is 0 Å². The molecule has 136 valence electrons. The highest BCUT2D eigenvalue weighted by atomic mass is 16.4. The van der Waals surface area contributed by atoms with E-state index in [1.54, 1.807) is 6.92 Å². The highest BCUT2D eigenvalue weighted by molar-refractivity contribution is 5.80. The molecule has 6 heteroatoms. The topological polar surface area (TPSA) is 64.1 Å². The summed E-state index contributed by atoms with van der Waals surface area (Å²) in [7, 11) is 0. The zero-order chi connectivity index (χ0) is 18.0. The maximum absolute atomic E-state index is 12.6. The second-order valence-corrected chi connectivity index (χ2v) is 7.12. The lowest BCUT2D eigenvalue weighted by Gasteiger charge is -2.37. The number of aryl methyl sites for hydroxylation is 1. The number of rotatable bonds is 6. The third-order valence-electron chi connectivity index (χ3n) is 5.19. The molecule has 0 aromatic heterocycles. The van der Waals surface area contributed by atoms with E-state index in [9.17, 15) is 14.7 Å². The fourth-order valence-electron chi connectivity index (χ4n) is 3.43. The van der Waals surface area contributed by atoms with Crippen molar-refractivity contribution in [3.63, 3.8) is 0 Å². The van der Waals surface area contributed by atoms with Gasteiger partial charge in [0.25, 0.3) is 0 Å². The Bertz CT molecular complexity index is 637. The molecule has 0 spiro atoms. The summed E-state index contributed by atoms with van der Waals surface area (Å²) < 4.78 is 0. The van der Waals surface area contributed by atoms with Gasteiger partial charge < -0.3 is 14.9 Å². The van der Waals surface area contributed by atoms with Gasteiger partial charge in [-0.2, -0.15) is 0 Å². The van der Waals surface area contributed by atoms with Crippen LogP contribution in [0.5, 0.6) is 0 Å². The number of amides is 1. The summed E-state index contributed by atoms with van der Waals surface area (Å²) in [6.07, 6.45) is 1.98. The number of hydrogen-bond donors (Lipinski definition) is 1. The summed E-state index contributed by atoms with van der Waals surface area (Å²) in [6, 6.07) is 8.06. The van der Waals surface area contributed by atoms with E-state index in [1.807, 2.05) is 9.80 Å². The summed E-state index contributed by atoms with van der Waals surface area (Å²) in [6.45, 7) is 6.96. The lowest BCUT2D eigenvalue weighted by atomic mass is 10.2. The largest absolute Gasteiger partial charge is 0.480 e. The number of carbonyl (C=O) groups excluding carboxylic acids is 1. The van der Waals surface area contributed by atoms with Gasteiger partial charge in [-0.05, 0) is 44.4 Å². The smallest absolute Gasteiger partial charge is 0.320 e. The Kier molecular flexibility index (Phi) is 5.27. The van der Waals surface area contributed by atoms with E-state index in [4.69, 9.17) is 0 Å². The number of carboxylic acids is 1. The van der Waals surface area contributed by atoms with Crippen molar-refractivity contribution < 1.29 is 14.7 Å². The molecule has 0 radical (unpaired) electrons. The molecule has 1 amide bonds. The van der Waals surface area contributed by atoms with Crippen LogP contribution in [0, 0.1) is 6.92 Å². The maximum Gasteiger partial charge on any atom is 0.320 e. The highest BCUT2D eigenvalue weighted by Gasteiger charge is 2.37. The van der Waals surface area contributed by atoms with E-state index in [0.29, 0.717) is 13.1 Å². The van der Waals surface area contributed by atoms with Crippen molar-refractivity contribution in [3.8, 4) is 0 Å². The molecule has 1 aromatic carbocycles. The zero-order valence-corrected chi connectivity index (χ0v) is 15.0. The summed E-state index contributed by atoms with van der Waals surface area (Å²) in [5.41, 5.74) is 2.44. The van der Waals surface area contributed by atoms with Crippen LogP contribution in [0.25, 0.3) is 0 Å². The molecule has 3 rings (SSSR count). The van der Waals surface area contributed by atoms with Crippen molar-refractivity contribution in [3.05, 3.63) is 29.8 Å². The SMILES string of the molecule is Cc1cccc(N2CCN(C(=O)CN(C3CC3)C(C)C(=O)O)CC2)c1. The van der Waals surface area contributed by atoms with Gasteiger partial charge in [0.2, 0.25) is 5.91 Å². The van der Waals surface area contributed by atoms with Crippen LogP contribution >= 0.6 is 0 Å². The number of hydrogen-bond acceptors (Lipinski definition) is 4. The molecular weight excluding hydrogens is 318 g/mol. The van der Waals surface area contributed by atoms with Gasteiger partial charge in [-0.1, -0.05) is 12.1 Å². The molecule has 25 heavy (non-hydrogen) atoms. The first-order valence-electron chi connectivity index (χ1n) is 9.03. The maximum atomic E-state index is 12.6. The second kappa shape index (κ2) is 7.44. The van der Waals surface area contributed by atoms with Crippen LogP contribution in [0.2, 0.25) is 0 Å². The van der Waals surface area contributed by atoms with Crippen molar-refractivity contribution in [2.45, 2.75) is 38.8 Å². The molecule has 1 saturated heterocycles. The molecule has 1 saturated carbocycles. The molecule has 0 bridgehead atoms. The minimum absolute atomic E-state index is 0.0453. The first kappa shape index (κ1) is 17.7. The average Bonchev–Trinajstić information content (AvgIpc) is 3.44. The minimum Gasteiger partial charge on any atom is -0.480 e. The van der Waals surface area contributed by atoms with Gasteiger partial charge in [0.05, 0.1) is 6.54 Å². The summed E-state index contributed by atoms with van der Waals surface area (Å²) in [5.74, 6) is -0.812. The third-order valence-corrected chi connectivity index (χ3v) is 5.19. The highest BCUT2D eigenvalue weighted by Crippen LogP contribution is 2.28. The molecule has 1 aliphatic carbocycles. The number of nitrogens with zero attached hydrogens (tertiary/aromatic N) is 3. The Balaban J connectivity index is 1.55. The van der Waals surface area contributed by atoms with Crippen LogP contribution in [0.4, 0.5) is 5.69 Å². The Morgan fingerprint density at radius 3 is 2.48 bits per heavy atom. The van der Waals surface area contributed by atoms with Crippen molar-refractivity contribution in [2.24, 2.45) is 0 Å². The molecule has 2 fully saturated rings. The van der Waals surface area contributed by atoms with Gasteiger partial charge in [-0.15, -0.1) is 0 Å². The fourth-order valence-corrected chi connectivity index (χ4v) is 3.43. The monoisotopic (exact) mass is 345 g/mol. The van der Waals surface area contributed by atoms with Gasteiger partial charge >= 0.3 is 5.97 Å². The van der Waals surface area contributed by atoms with Crippen molar-refractivity contribution >= 4 is 17.6 Å². The first-order chi connectivity index (χ1) is 12.0. The number of piperazine rings is 1. The second-order valence-electron chi connectivity index (χ2n) is 7.12. The molecular formula is C19H27N3O3. The zero-order valence-electron chi connectivity index (χ0n) is 15.0. The summed E-state index contributed by atoms with van der Waals surface area (Å²) in [4.78, 5) is 29.9. The summed E-state index contributed by atoms with van der Waals surface area (Å²) in [5, 5.41) is 9.26. The van der Waals surface area contributed by atoms with E-state index in [0.717, 1.165) is 25.9 Å². The van der Waals surface area contributed by atoms with Crippen LogP contribution in [-0.4, -0.2) is 71.6 Å². The number of aliphatic carboxylic acids is 1. The van der Waals surface area contributed by atoms with Crippen LogP contribution in [0.15, 0.2) is 24.3 Å². The van der Waals surface area contributed by atoms with E-state index in [1.165, 1.54) is 11.3 Å². The van der Waals surface area contributed by atoms with E-state index < -0.39 is 12.0 Å². The number of benzene rings is 1. The molecule has 1 unspecified atom stereocenters. The molecule has 6 nitrogen and oxygen atoms in total. The van der Waals surface area contributed by atoms with Crippen LogP contribution in [-0.2, 0) is 9.59 Å². The number of carboxylic acid groups (broad SMARTS) is 1. The van der Waals surface area contributed by atoms with Crippen LogP contribution in [0.3, 0.4) is 0 Å². The van der Waals surface area contributed by atoms with Gasteiger partial charge in [-0.3, -0.25) is 14.5 Å².